The molecule has 0 radical (unpaired) electrons. The summed E-state index contributed by atoms with van der Waals surface area (Å²) >= 11 is 0. The molecule has 3 aromatic rings. The van der Waals surface area contributed by atoms with E-state index in [9.17, 15) is 9.18 Å². The summed E-state index contributed by atoms with van der Waals surface area (Å²) < 4.78 is 18.7. The molecule has 0 bridgehead atoms. The molecule has 0 aliphatic rings. The first-order chi connectivity index (χ1) is 12.4. The normalized spacial score (nSPS) is 10.8. The molecule has 0 spiro atoms. The second kappa shape index (κ2) is 7.52. The van der Waals surface area contributed by atoms with Crippen molar-refractivity contribution in [3.8, 4) is 11.3 Å². The number of carbonyl (C=O) groups is 1. The van der Waals surface area contributed by atoms with E-state index < -0.39 is 0 Å². The van der Waals surface area contributed by atoms with Crippen molar-refractivity contribution in [1.29, 1.82) is 0 Å². The topological polar surface area (TPSA) is 46.3 Å². The maximum absolute atomic E-state index is 13.0. The first kappa shape index (κ1) is 17.9. The molecular formula is C21H21FN2O2. The Kier molecular flexibility index (Phi) is 5.16. The highest BCUT2D eigenvalue weighted by molar-refractivity contribution is 5.93. The monoisotopic (exact) mass is 352 g/mol. The lowest BCUT2D eigenvalue weighted by molar-refractivity contribution is -0.118. The van der Waals surface area contributed by atoms with Crippen LogP contribution in [0.1, 0.15) is 23.4 Å². The molecular weight excluding hydrogens is 331 g/mol. The zero-order valence-electron chi connectivity index (χ0n) is 15.1. The molecule has 2 aromatic carbocycles. The molecule has 1 aromatic heterocycles. The number of rotatable bonds is 5. The molecule has 5 heteroatoms. The molecule has 0 saturated heterocycles. The number of aryl methyl sites for hydroxylation is 3. The van der Waals surface area contributed by atoms with E-state index in [-0.39, 0.29) is 11.7 Å². The van der Waals surface area contributed by atoms with Crippen molar-refractivity contribution in [3.63, 3.8) is 0 Å². The van der Waals surface area contributed by atoms with Crippen LogP contribution in [0.3, 0.4) is 0 Å². The highest BCUT2D eigenvalue weighted by Gasteiger charge is 2.15. The maximum atomic E-state index is 13.0. The number of hydrogen-bond donors (Lipinski definition) is 0. The van der Waals surface area contributed by atoms with Crippen molar-refractivity contribution in [2.75, 3.05) is 11.9 Å². The molecule has 0 N–H and O–H groups in total. The van der Waals surface area contributed by atoms with E-state index in [0.29, 0.717) is 24.5 Å². The van der Waals surface area contributed by atoms with Gasteiger partial charge in [-0.3, -0.25) is 4.79 Å². The summed E-state index contributed by atoms with van der Waals surface area (Å²) in [6.07, 6.45) is 2.31. The van der Waals surface area contributed by atoms with Gasteiger partial charge in [0.1, 0.15) is 5.82 Å². The minimum atomic E-state index is -0.298. The lowest BCUT2D eigenvalue weighted by Crippen LogP contribution is -2.27. The number of benzene rings is 2. The molecule has 4 nitrogen and oxygen atoms in total. The van der Waals surface area contributed by atoms with E-state index in [2.05, 4.69) is 11.1 Å². The van der Waals surface area contributed by atoms with Crippen molar-refractivity contribution in [2.45, 2.75) is 26.7 Å². The molecule has 0 saturated carbocycles. The van der Waals surface area contributed by atoms with Crippen LogP contribution in [-0.4, -0.2) is 17.9 Å². The van der Waals surface area contributed by atoms with E-state index in [4.69, 9.17) is 4.42 Å². The zero-order valence-corrected chi connectivity index (χ0v) is 15.1. The first-order valence-corrected chi connectivity index (χ1v) is 8.48. The van der Waals surface area contributed by atoms with Gasteiger partial charge in [0.2, 0.25) is 5.91 Å². The number of amides is 1. The van der Waals surface area contributed by atoms with Crippen molar-refractivity contribution in [2.24, 2.45) is 0 Å². The lowest BCUT2D eigenvalue weighted by Gasteiger charge is -2.19. The summed E-state index contributed by atoms with van der Waals surface area (Å²) in [7, 11) is 1.78. The number of aromatic nitrogens is 1. The SMILES string of the molecule is Cc1ccc(N(C)C(=O)CCc2ncc(-c3ccc(F)cc3)o2)c(C)c1. The molecule has 134 valence electrons. The Labute approximate surface area is 152 Å². The van der Waals surface area contributed by atoms with Crippen LogP contribution in [0.5, 0.6) is 0 Å². The summed E-state index contributed by atoms with van der Waals surface area (Å²) in [5.41, 5.74) is 3.89. The Balaban J connectivity index is 1.63. The second-order valence-electron chi connectivity index (χ2n) is 6.37. The highest BCUT2D eigenvalue weighted by atomic mass is 19.1. The quantitative estimate of drug-likeness (QED) is 0.669. The summed E-state index contributed by atoms with van der Waals surface area (Å²) in [5, 5.41) is 0. The minimum absolute atomic E-state index is 0.00140. The number of halogens is 1. The Hall–Kier alpha value is -2.95. The number of carbonyl (C=O) groups excluding carboxylic acids is 1. The van der Waals surface area contributed by atoms with Crippen molar-refractivity contribution < 1.29 is 13.6 Å². The van der Waals surface area contributed by atoms with Gasteiger partial charge in [-0.25, -0.2) is 9.37 Å². The number of hydrogen-bond acceptors (Lipinski definition) is 3. The van der Waals surface area contributed by atoms with Crippen LogP contribution in [0.4, 0.5) is 10.1 Å². The highest BCUT2D eigenvalue weighted by Crippen LogP contribution is 2.23. The van der Waals surface area contributed by atoms with Gasteiger partial charge in [0.05, 0.1) is 6.20 Å². The van der Waals surface area contributed by atoms with Crippen molar-refractivity contribution in [1.82, 2.24) is 4.98 Å². The van der Waals surface area contributed by atoms with Crippen LogP contribution < -0.4 is 4.90 Å². The summed E-state index contributed by atoms with van der Waals surface area (Å²) in [6.45, 7) is 4.02. The molecule has 3 rings (SSSR count). The van der Waals surface area contributed by atoms with Crippen LogP contribution >= 0.6 is 0 Å². The Morgan fingerprint density at radius 1 is 1.15 bits per heavy atom. The average Bonchev–Trinajstić information content (AvgIpc) is 3.09. The van der Waals surface area contributed by atoms with Crippen LogP contribution in [0.2, 0.25) is 0 Å². The fraction of sp³-hybridized carbons (Fsp3) is 0.238. The van der Waals surface area contributed by atoms with E-state index in [1.807, 2.05) is 26.0 Å². The Morgan fingerprint density at radius 2 is 1.88 bits per heavy atom. The predicted molar refractivity (Wildman–Crippen MR) is 99.5 cm³/mol. The predicted octanol–water partition coefficient (Wildman–Crippen LogP) is 4.69. The van der Waals surface area contributed by atoms with Gasteiger partial charge < -0.3 is 9.32 Å². The number of oxazole rings is 1. The maximum Gasteiger partial charge on any atom is 0.227 e. The van der Waals surface area contributed by atoms with Crippen LogP contribution in [-0.2, 0) is 11.2 Å². The van der Waals surface area contributed by atoms with Gasteiger partial charge in [0.15, 0.2) is 11.7 Å². The third kappa shape index (κ3) is 3.99. The Bertz CT molecular complexity index is 916. The summed E-state index contributed by atoms with van der Waals surface area (Å²) in [6, 6.07) is 12.0. The minimum Gasteiger partial charge on any atom is -0.441 e. The number of anilines is 1. The Morgan fingerprint density at radius 3 is 2.58 bits per heavy atom. The molecule has 0 aliphatic carbocycles. The molecule has 1 amide bonds. The molecule has 0 fully saturated rings. The third-order valence-corrected chi connectivity index (χ3v) is 4.32. The van der Waals surface area contributed by atoms with Crippen LogP contribution in [0, 0.1) is 19.7 Å². The zero-order chi connectivity index (χ0) is 18.7. The molecule has 0 aliphatic heterocycles. The van der Waals surface area contributed by atoms with E-state index in [1.54, 1.807) is 30.3 Å². The standard InChI is InChI=1S/C21H21FN2O2/c1-14-4-9-18(15(2)12-14)24(3)21(25)11-10-20-23-13-19(26-20)16-5-7-17(22)8-6-16/h4-9,12-13H,10-11H2,1-3H3. The van der Waals surface area contributed by atoms with Crippen LogP contribution in [0.15, 0.2) is 53.1 Å². The average molecular weight is 352 g/mol. The molecule has 26 heavy (non-hydrogen) atoms. The van der Waals surface area contributed by atoms with Gasteiger partial charge in [0, 0.05) is 31.1 Å². The van der Waals surface area contributed by atoms with Gasteiger partial charge >= 0.3 is 0 Å². The van der Waals surface area contributed by atoms with Gasteiger partial charge in [-0.05, 0) is 49.7 Å². The van der Waals surface area contributed by atoms with Crippen LogP contribution in [0.25, 0.3) is 11.3 Å². The number of nitrogens with zero attached hydrogens (tertiary/aromatic N) is 2. The van der Waals surface area contributed by atoms with E-state index in [1.165, 1.54) is 17.7 Å². The molecule has 0 unspecified atom stereocenters. The van der Waals surface area contributed by atoms with Crippen molar-refractivity contribution in [3.05, 3.63) is 71.5 Å². The second-order valence-corrected chi connectivity index (χ2v) is 6.37. The van der Waals surface area contributed by atoms with Gasteiger partial charge in [-0.15, -0.1) is 0 Å². The summed E-state index contributed by atoms with van der Waals surface area (Å²) in [4.78, 5) is 18.4. The largest absolute Gasteiger partial charge is 0.441 e. The molecule has 1 heterocycles. The first-order valence-electron chi connectivity index (χ1n) is 8.48. The molecule has 0 atom stereocenters. The smallest absolute Gasteiger partial charge is 0.227 e. The fourth-order valence-electron chi connectivity index (χ4n) is 2.87. The summed E-state index contributed by atoms with van der Waals surface area (Å²) in [5.74, 6) is 0.758. The van der Waals surface area contributed by atoms with Crippen molar-refractivity contribution >= 4 is 11.6 Å². The van der Waals surface area contributed by atoms with E-state index in [0.717, 1.165) is 16.8 Å². The lowest BCUT2D eigenvalue weighted by atomic mass is 10.1. The van der Waals surface area contributed by atoms with E-state index >= 15 is 0 Å². The van der Waals surface area contributed by atoms with Gasteiger partial charge in [-0.2, -0.15) is 0 Å². The van der Waals surface area contributed by atoms with Gasteiger partial charge in [0.25, 0.3) is 0 Å². The van der Waals surface area contributed by atoms with Gasteiger partial charge in [-0.1, -0.05) is 17.7 Å². The third-order valence-electron chi connectivity index (χ3n) is 4.32. The fourth-order valence-corrected chi connectivity index (χ4v) is 2.87.